The van der Waals surface area contributed by atoms with Gasteiger partial charge in [-0.1, -0.05) is 6.07 Å². The standard InChI is InChI=1S/C11H11FO/c12-10-5-4-8-2-1-3-11(13)7-9(8)6-10/h4-6H,1-3,7H2. The minimum absolute atomic E-state index is 0.226. The SMILES string of the molecule is O=C1CCCc2ccc(F)cc2C1. The number of ketones is 1. The molecule has 0 atom stereocenters. The first-order valence-corrected chi connectivity index (χ1v) is 4.55. The summed E-state index contributed by atoms with van der Waals surface area (Å²) in [7, 11) is 0. The number of hydrogen-bond acceptors (Lipinski definition) is 1. The monoisotopic (exact) mass is 178 g/mol. The Morgan fingerprint density at radius 3 is 2.85 bits per heavy atom. The van der Waals surface area contributed by atoms with Gasteiger partial charge in [-0.15, -0.1) is 0 Å². The number of halogens is 1. The molecule has 0 bridgehead atoms. The highest BCUT2D eigenvalue weighted by Crippen LogP contribution is 2.19. The molecule has 13 heavy (non-hydrogen) atoms. The van der Waals surface area contributed by atoms with Crippen LogP contribution in [0.5, 0.6) is 0 Å². The molecular formula is C11H11FO. The molecule has 1 nitrogen and oxygen atoms in total. The van der Waals surface area contributed by atoms with Crippen molar-refractivity contribution >= 4 is 5.78 Å². The van der Waals surface area contributed by atoms with Crippen molar-refractivity contribution in [3.8, 4) is 0 Å². The topological polar surface area (TPSA) is 17.1 Å². The number of aryl methyl sites for hydroxylation is 1. The summed E-state index contributed by atoms with van der Waals surface area (Å²) in [6, 6.07) is 4.75. The van der Waals surface area contributed by atoms with Crippen LogP contribution < -0.4 is 0 Å². The van der Waals surface area contributed by atoms with Crippen molar-refractivity contribution in [1.82, 2.24) is 0 Å². The molecule has 0 spiro atoms. The Bertz CT molecular complexity index is 344. The molecule has 1 aliphatic rings. The molecule has 0 saturated heterocycles. The highest BCUT2D eigenvalue weighted by atomic mass is 19.1. The van der Waals surface area contributed by atoms with Gasteiger partial charge < -0.3 is 0 Å². The molecule has 2 rings (SSSR count). The van der Waals surface area contributed by atoms with E-state index in [1.807, 2.05) is 0 Å². The van der Waals surface area contributed by atoms with Crippen molar-refractivity contribution in [3.05, 3.63) is 35.1 Å². The summed E-state index contributed by atoms with van der Waals surface area (Å²) in [5.41, 5.74) is 2.01. The van der Waals surface area contributed by atoms with Crippen molar-refractivity contribution in [2.45, 2.75) is 25.7 Å². The summed E-state index contributed by atoms with van der Waals surface area (Å²) in [5.74, 6) is -0.0159. The van der Waals surface area contributed by atoms with E-state index in [0.29, 0.717) is 12.8 Å². The van der Waals surface area contributed by atoms with Gasteiger partial charge in [-0.2, -0.15) is 0 Å². The van der Waals surface area contributed by atoms with Crippen LogP contribution in [0.25, 0.3) is 0 Å². The molecule has 0 fully saturated rings. The lowest BCUT2D eigenvalue weighted by Gasteiger charge is -2.03. The number of carbonyl (C=O) groups excluding carboxylic acids is 1. The van der Waals surface area contributed by atoms with E-state index in [2.05, 4.69) is 0 Å². The van der Waals surface area contributed by atoms with Crippen molar-refractivity contribution in [2.75, 3.05) is 0 Å². The van der Waals surface area contributed by atoms with Crippen LogP contribution in [-0.4, -0.2) is 5.78 Å². The molecule has 0 aliphatic heterocycles. The average molecular weight is 178 g/mol. The van der Waals surface area contributed by atoms with Gasteiger partial charge in [-0.25, -0.2) is 4.39 Å². The van der Waals surface area contributed by atoms with Crippen molar-refractivity contribution in [3.63, 3.8) is 0 Å². The molecule has 0 radical (unpaired) electrons. The second-order valence-corrected chi connectivity index (χ2v) is 3.48. The lowest BCUT2D eigenvalue weighted by molar-refractivity contribution is -0.118. The molecule has 0 saturated carbocycles. The summed E-state index contributed by atoms with van der Waals surface area (Å²) in [5, 5.41) is 0. The van der Waals surface area contributed by atoms with Crippen LogP contribution in [0, 0.1) is 5.82 Å². The smallest absolute Gasteiger partial charge is 0.137 e. The van der Waals surface area contributed by atoms with E-state index >= 15 is 0 Å². The van der Waals surface area contributed by atoms with Gasteiger partial charge >= 0.3 is 0 Å². The second kappa shape index (κ2) is 3.29. The van der Waals surface area contributed by atoms with E-state index in [1.165, 1.54) is 12.1 Å². The molecule has 2 heteroatoms. The normalized spacial score (nSPS) is 16.5. The summed E-state index contributed by atoms with van der Waals surface area (Å²) in [6.07, 6.45) is 2.85. The third kappa shape index (κ3) is 1.77. The van der Waals surface area contributed by atoms with E-state index in [-0.39, 0.29) is 11.6 Å². The molecule has 0 unspecified atom stereocenters. The van der Waals surface area contributed by atoms with Gasteiger partial charge in [-0.3, -0.25) is 4.79 Å². The third-order valence-electron chi connectivity index (χ3n) is 2.46. The zero-order valence-corrected chi connectivity index (χ0v) is 7.35. The number of carbonyl (C=O) groups is 1. The molecule has 0 heterocycles. The Morgan fingerprint density at radius 2 is 2.00 bits per heavy atom. The summed E-state index contributed by atoms with van der Waals surface area (Å²) in [4.78, 5) is 11.2. The average Bonchev–Trinajstić information content (AvgIpc) is 2.25. The van der Waals surface area contributed by atoms with Gasteiger partial charge in [0.2, 0.25) is 0 Å². The molecular weight excluding hydrogens is 167 g/mol. The maximum atomic E-state index is 12.8. The van der Waals surface area contributed by atoms with Crippen molar-refractivity contribution in [2.24, 2.45) is 0 Å². The number of Topliss-reactive ketones (excluding diaryl/α,β-unsaturated/α-hetero) is 1. The quantitative estimate of drug-likeness (QED) is 0.557. The number of benzene rings is 1. The summed E-state index contributed by atoms with van der Waals surface area (Å²) >= 11 is 0. The predicted octanol–water partition coefficient (Wildman–Crippen LogP) is 2.27. The van der Waals surface area contributed by atoms with Crippen LogP contribution >= 0.6 is 0 Å². The van der Waals surface area contributed by atoms with E-state index in [9.17, 15) is 9.18 Å². The highest BCUT2D eigenvalue weighted by molar-refractivity contribution is 5.81. The molecule has 1 aromatic carbocycles. The number of rotatable bonds is 0. The van der Waals surface area contributed by atoms with Gasteiger partial charge in [0, 0.05) is 12.8 Å². The third-order valence-corrected chi connectivity index (χ3v) is 2.46. The van der Waals surface area contributed by atoms with E-state index < -0.39 is 0 Å². The zero-order chi connectivity index (χ0) is 9.26. The van der Waals surface area contributed by atoms with Gasteiger partial charge in [0.25, 0.3) is 0 Å². The van der Waals surface area contributed by atoms with Gasteiger partial charge in [0.1, 0.15) is 11.6 Å². The first-order chi connectivity index (χ1) is 6.25. The second-order valence-electron chi connectivity index (χ2n) is 3.48. The zero-order valence-electron chi connectivity index (χ0n) is 7.35. The minimum atomic E-state index is -0.242. The van der Waals surface area contributed by atoms with Crippen LogP contribution in [0.15, 0.2) is 18.2 Å². The molecule has 0 aromatic heterocycles. The van der Waals surface area contributed by atoms with Crippen LogP contribution in [0.2, 0.25) is 0 Å². The maximum absolute atomic E-state index is 12.8. The predicted molar refractivity (Wildman–Crippen MR) is 48.0 cm³/mol. The van der Waals surface area contributed by atoms with Crippen LogP contribution in [0.1, 0.15) is 24.0 Å². The Morgan fingerprint density at radius 1 is 1.15 bits per heavy atom. The molecule has 68 valence electrons. The van der Waals surface area contributed by atoms with Gasteiger partial charge in [0.15, 0.2) is 0 Å². The molecule has 0 N–H and O–H groups in total. The maximum Gasteiger partial charge on any atom is 0.137 e. The Hall–Kier alpha value is -1.18. The molecule has 0 amide bonds. The fraction of sp³-hybridized carbons (Fsp3) is 0.364. The Balaban J connectivity index is 2.40. The highest BCUT2D eigenvalue weighted by Gasteiger charge is 2.13. The van der Waals surface area contributed by atoms with Crippen molar-refractivity contribution < 1.29 is 9.18 Å². The lowest BCUT2D eigenvalue weighted by atomic mass is 10.0. The van der Waals surface area contributed by atoms with Crippen LogP contribution in [0.4, 0.5) is 4.39 Å². The Kier molecular flexibility index (Phi) is 2.13. The lowest BCUT2D eigenvalue weighted by Crippen LogP contribution is -2.00. The van der Waals surface area contributed by atoms with E-state index in [0.717, 1.165) is 24.0 Å². The number of hydrogen-bond donors (Lipinski definition) is 0. The molecule has 1 aliphatic carbocycles. The summed E-state index contributed by atoms with van der Waals surface area (Å²) in [6.45, 7) is 0. The fourth-order valence-electron chi connectivity index (χ4n) is 1.78. The first-order valence-electron chi connectivity index (χ1n) is 4.55. The molecule has 1 aromatic rings. The van der Waals surface area contributed by atoms with Crippen molar-refractivity contribution in [1.29, 1.82) is 0 Å². The number of fused-ring (bicyclic) bond motifs is 1. The fourth-order valence-corrected chi connectivity index (χ4v) is 1.78. The minimum Gasteiger partial charge on any atom is -0.299 e. The van der Waals surface area contributed by atoms with E-state index in [4.69, 9.17) is 0 Å². The largest absolute Gasteiger partial charge is 0.299 e. The Labute approximate surface area is 76.6 Å². The first kappa shape index (κ1) is 8.42. The van der Waals surface area contributed by atoms with Crippen LogP contribution in [-0.2, 0) is 17.6 Å². The van der Waals surface area contributed by atoms with E-state index in [1.54, 1.807) is 6.07 Å². The van der Waals surface area contributed by atoms with Gasteiger partial charge in [0.05, 0.1) is 0 Å². The van der Waals surface area contributed by atoms with Crippen LogP contribution in [0.3, 0.4) is 0 Å². The summed E-state index contributed by atoms with van der Waals surface area (Å²) < 4.78 is 12.8. The van der Waals surface area contributed by atoms with Gasteiger partial charge in [-0.05, 0) is 36.1 Å².